The van der Waals surface area contributed by atoms with Gasteiger partial charge in [0.2, 0.25) is 0 Å². The summed E-state index contributed by atoms with van der Waals surface area (Å²) in [5.74, 6) is 0.229. The molecule has 19 heavy (non-hydrogen) atoms. The van der Waals surface area contributed by atoms with Crippen molar-refractivity contribution in [1.29, 1.82) is 0 Å². The molecule has 1 atom stereocenters. The quantitative estimate of drug-likeness (QED) is 0.910. The Labute approximate surface area is 112 Å². The molecule has 1 heterocycles. The molecule has 0 saturated carbocycles. The third kappa shape index (κ3) is 4.14. The Kier molecular flexibility index (Phi) is 5.10. The number of hydrogen-bond donors (Lipinski definition) is 1. The third-order valence-electron chi connectivity index (χ3n) is 3.49. The molecule has 0 aliphatic carbocycles. The predicted molar refractivity (Wildman–Crippen MR) is 70.5 cm³/mol. The lowest BCUT2D eigenvalue weighted by Gasteiger charge is -2.27. The number of alkyl halides is 2. The fourth-order valence-electron chi connectivity index (χ4n) is 2.42. The van der Waals surface area contributed by atoms with Crippen LogP contribution in [0.5, 0.6) is 5.75 Å². The van der Waals surface area contributed by atoms with Crippen LogP contribution in [0.25, 0.3) is 0 Å². The molecule has 1 aliphatic heterocycles. The maximum atomic E-state index is 12.2. The van der Waals surface area contributed by atoms with E-state index < -0.39 is 6.61 Å². The van der Waals surface area contributed by atoms with Crippen molar-refractivity contribution >= 4 is 0 Å². The number of halogens is 2. The highest BCUT2D eigenvalue weighted by atomic mass is 19.3. The van der Waals surface area contributed by atoms with Crippen LogP contribution < -0.4 is 10.1 Å². The van der Waals surface area contributed by atoms with Crippen molar-refractivity contribution in [3.63, 3.8) is 0 Å². The first-order valence-corrected chi connectivity index (χ1v) is 6.66. The van der Waals surface area contributed by atoms with E-state index in [-0.39, 0.29) is 11.8 Å². The second kappa shape index (κ2) is 6.82. The van der Waals surface area contributed by atoms with E-state index >= 15 is 0 Å². The van der Waals surface area contributed by atoms with Gasteiger partial charge in [-0.15, -0.1) is 0 Å². The zero-order chi connectivity index (χ0) is 13.7. The molecule has 1 fully saturated rings. The molecule has 0 bridgehead atoms. The lowest BCUT2D eigenvalue weighted by Crippen LogP contribution is -2.30. The summed E-state index contributed by atoms with van der Waals surface area (Å²) in [5.41, 5.74) is 1.01. The van der Waals surface area contributed by atoms with Gasteiger partial charge in [0.05, 0.1) is 0 Å². The molecule has 0 aromatic heterocycles. The van der Waals surface area contributed by atoms with Gasteiger partial charge in [-0.1, -0.05) is 12.1 Å². The Morgan fingerprint density at radius 1 is 1.26 bits per heavy atom. The van der Waals surface area contributed by atoms with E-state index in [2.05, 4.69) is 21.9 Å². The second-order valence-corrected chi connectivity index (χ2v) is 4.77. The van der Waals surface area contributed by atoms with Crippen LogP contribution in [-0.2, 0) is 0 Å². The van der Waals surface area contributed by atoms with Crippen molar-refractivity contribution in [2.24, 2.45) is 0 Å². The molecular formula is C14H20F2N2O. The summed E-state index contributed by atoms with van der Waals surface area (Å²) < 4.78 is 28.9. The maximum Gasteiger partial charge on any atom is 0.387 e. The number of benzene rings is 1. The number of nitrogens with zero attached hydrogens (tertiary/aromatic N) is 1. The topological polar surface area (TPSA) is 24.5 Å². The minimum absolute atomic E-state index is 0.209. The van der Waals surface area contributed by atoms with Crippen molar-refractivity contribution in [1.82, 2.24) is 10.2 Å². The summed E-state index contributed by atoms with van der Waals surface area (Å²) >= 11 is 0. The van der Waals surface area contributed by atoms with Gasteiger partial charge in [0.1, 0.15) is 5.75 Å². The highest BCUT2D eigenvalue weighted by molar-refractivity contribution is 5.30. The maximum absolute atomic E-state index is 12.2. The van der Waals surface area contributed by atoms with Crippen molar-refractivity contribution in [2.75, 3.05) is 26.2 Å². The lowest BCUT2D eigenvalue weighted by molar-refractivity contribution is -0.0499. The van der Waals surface area contributed by atoms with Gasteiger partial charge < -0.3 is 10.1 Å². The molecule has 2 rings (SSSR count). The van der Waals surface area contributed by atoms with Crippen molar-refractivity contribution in [3.8, 4) is 5.75 Å². The minimum Gasteiger partial charge on any atom is -0.435 e. The van der Waals surface area contributed by atoms with Crippen LogP contribution in [0.1, 0.15) is 24.9 Å². The Bertz CT molecular complexity index is 393. The van der Waals surface area contributed by atoms with Crippen molar-refractivity contribution in [3.05, 3.63) is 29.8 Å². The van der Waals surface area contributed by atoms with Crippen LogP contribution in [0.3, 0.4) is 0 Å². The minimum atomic E-state index is -2.77. The van der Waals surface area contributed by atoms with Crippen molar-refractivity contribution in [2.45, 2.75) is 26.0 Å². The average molecular weight is 270 g/mol. The third-order valence-corrected chi connectivity index (χ3v) is 3.49. The van der Waals surface area contributed by atoms with Crippen molar-refractivity contribution < 1.29 is 13.5 Å². The molecule has 5 heteroatoms. The molecule has 1 unspecified atom stereocenters. The zero-order valence-corrected chi connectivity index (χ0v) is 11.1. The summed E-state index contributed by atoms with van der Waals surface area (Å²) in [4.78, 5) is 2.36. The fourth-order valence-corrected chi connectivity index (χ4v) is 2.42. The summed E-state index contributed by atoms with van der Waals surface area (Å²) in [7, 11) is 0. The van der Waals surface area contributed by atoms with Crippen LogP contribution in [0.2, 0.25) is 0 Å². The van der Waals surface area contributed by atoms with Crippen LogP contribution in [-0.4, -0.2) is 37.7 Å². The highest BCUT2D eigenvalue weighted by Gasteiger charge is 2.17. The first kappa shape index (κ1) is 14.2. The van der Waals surface area contributed by atoms with E-state index in [4.69, 9.17) is 0 Å². The van der Waals surface area contributed by atoms with Crippen LogP contribution in [0.4, 0.5) is 8.78 Å². The van der Waals surface area contributed by atoms with Gasteiger partial charge in [0.25, 0.3) is 0 Å². The Hall–Kier alpha value is -1.20. The Balaban J connectivity index is 2.06. The molecule has 1 aromatic carbocycles. The highest BCUT2D eigenvalue weighted by Crippen LogP contribution is 2.25. The molecule has 0 spiro atoms. The number of nitrogens with one attached hydrogen (secondary N) is 1. The summed E-state index contributed by atoms with van der Waals surface area (Å²) in [6.07, 6.45) is 1.11. The zero-order valence-electron chi connectivity index (χ0n) is 11.1. The van der Waals surface area contributed by atoms with Gasteiger partial charge in [-0.3, -0.25) is 4.90 Å². The van der Waals surface area contributed by atoms with Gasteiger partial charge in [-0.05, 0) is 44.1 Å². The second-order valence-electron chi connectivity index (χ2n) is 4.77. The number of hydrogen-bond acceptors (Lipinski definition) is 3. The van der Waals surface area contributed by atoms with E-state index in [1.165, 1.54) is 0 Å². The number of ether oxygens (including phenoxy) is 1. The first-order valence-electron chi connectivity index (χ1n) is 6.66. The van der Waals surface area contributed by atoms with Crippen LogP contribution in [0.15, 0.2) is 24.3 Å². The molecule has 0 amide bonds. The van der Waals surface area contributed by atoms with Gasteiger partial charge >= 0.3 is 6.61 Å². The first-order chi connectivity index (χ1) is 9.16. The monoisotopic (exact) mass is 270 g/mol. The molecule has 1 saturated heterocycles. The molecule has 3 nitrogen and oxygen atoms in total. The Morgan fingerprint density at radius 3 is 2.89 bits per heavy atom. The van der Waals surface area contributed by atoms with Gasteiger partial charge in [0.15, 0.2) is 0 Å². The summed E-state index contributed by atoms with van der Waals surface area (Å²) in [6, 6.07) is 7.20. The van der Waals surface area contributed by atoms with E-state index in [1.807, 2.05) is 6.07 Å². The van der Waals surface area contributed by atoms with E-state index in [0.717, 1.165) is 38.2 Å². The van der Waals surface area contributed by atoms with Crippen LogP contribution >= 0.6 is 0 Å². The molecule has 106 valence electrons. The normalized spacial score (nSPS) is 19.2. The number of rotatable bonds is 4. The summed E-state index contributed by atoms with van der Waals surface area (Å²) in [6.45, 7) is 3.34. The van der Waals surface area contributed by atoms with Gasteiger partial charge in [0, 0.05) is 19.1 Å². The predicted octanol–water partition coefficient (Wildman–Crippen LogP) is 2.64. The van der Waals surface area contributed by atoms with E-state index in [1.54, 1.807) is 18.2 Å². The molecule has 1 aliphatic rings. The molecule has 1 aromatic rings. The molecule has 0 radical (unpaired) electrons. The largest absolute Gasteiger partial charge is 0.435 e. The van der Waals surface area contributed by atoms with Crippen LogP contribution in [0, 0.1) is 0 Å². The molecular weight excluding hydrogens is 250 g/mol. The smallest absolute Gasteiger partial charge is 0.387 e. The Morgan fingerprint density at radius 2 is 2.11 bits per heavy atom. The van der Waals surface area contributed by atoms with E-state index in [0.29, 0.717) is 0 Å². The fraction of sp³-hybridized carbons (Fsp3) is 0.571. The summed E-state index contributed by atoms with van der Waals surface area (Å²) in [5, 5.41) is 3.36. The molecule has 1 N–H and O–H groups in total. The van der Waals surface area contributed by atoms with E-state index in [9.17, 15) is 8.78 Å². The standard InChI is InChI=1S/C14H20F2N2O/c1-11(18-8-3-6-17-7-9-18)12-4-2-5-13(10-12)19-14(15)16/h2,4-5,10-11,14,17H,3,6-9H2,1H3. The van der Waals surface area contributed by atoms with Gasteiger partial charge in [-0.2, -0.15) is 8.78 Å². The SMILES string of the molecule is CC(c1cccc(OC(F)F)c1)N1CCCNCC1. The van der Waals surface area contributed by atoms with Gasteiger partial charge in [-0.25, -0.2) is 0 Å². The average Bonchev–Trinajstić information content (AvgIpc) is 2.66. The lowest BCUT2D eigenvalue weighted by atomic mass is 10.1.